The summed E-state index contributed by atoms with van der Waals surface area (Å²) in [6.07, 6.45) is 0.612. The van der Waals surface area contributed by atoms with Gasteiger partial charge in [0.05, 0.1) is 0 Å². The fourth-order valence-electron chi connectivity index (χ4n) is 2.50. The Morgan fingerprint density at radius 2 is 2.10 bits per heavy atom. The first kappa shape index (κ1) is 14.8. The molecular weight excluding hydrogens is 252 g/mol. The minimum atomic E-state index is -0.450. The van der Waals surface area contributed by atoms with E-state index in [0.717, 1.165) is 17.8 Å². The van der Waals surface area contributed by atoms with E-state index < -0.39 is 5.60 Å². The summed E-state index contributed by atoms with van der Waals surface area (Å²) in [5.41, 5.74) is 2.94. The van der Waals surface area contributed by atoms with E-state index in [4.69, 9.17) is 4.74 Å². The fraction of sp³-hybridized carbons (Fsp3) is 0.625. The van der Waals surface area contributed by atoms with E-state index in [2.05, 4.69) is 18.0 Å². The predicted molar refractivity (Wildman–Crippen MR) is 78.9 cm³/mol. The van der Waals surface area contributed by atoms with Gasteiger partial charge in [-0.15, -0.1) is 0 Å². The molecule has 0 saturated heterocycles. The van der Waals surface area contributed by atoms with Gasteiger partial charge in [0, 0.05) is 30.4 Å². The summed E-state index contributed by atoms with van der Waals surface area (Å²) >= 11 is 0. The summed E-state index contributed by atoms with van der Waals surface area (Å²) < 4.78 is 5.47. The molecule has 0 bridgehead atoms. The van der Waals surface area contributed by atoms with Gasteiger partial charge >= 0.3 is 6.09 Å². The molecule has 0 spiro atoms. The molecule has 4 heteroatoms. The molecule has 1 aromatic rings. The van der Waals surface area contributed by atoms with Crippen LogP contribution in [0, 0.1) is 6.92 Å². The van der Waals surface area contributed by atoms with Crippen LogP contribution in [-0.2, 0) is 11.2 Å². The summed E-state index contributed by atoms with van der Waals surface area (Å²) in [5.74, 6) is 0.236. The van der Waals surface area contributed by atoms with Gasteiger partial charge in [0.25, 0.3) is 0 Å². The average Bonchev–Trinajstić information content (AvgIpc) is 2.47. The maximum Gasteiger partial charge on any atom is 0.410 e. The van der Waals surface area contributed by atoms with Gasteiger partial charge in [-0.25, -0.2) is 4.79 Å². The van der Waals surface area contributed by atoms with Crippen LogP contribution in [0.2, 0.25) is 0 Å². The zero-order chi connectivity index (χ0) is 14.9. The highest BCUT2D eigenvalue weighted by molar-refractivity contribution is 5.68. The van der Waals surface area contributed by atoms with Gasteiger partial charge in [-0.05, 0) is 45.7 Å². The van der Waals surface area contributed by atoms with Crippen molar-refractivity contribution in [2.24, 2.45) is 0 Å². The molecule has 20 heavy (non-hydrogen) atoms. The summed E-state index contributed by atoms with van der Waals surface area (Å²) in [6, 6.07) is 4.17. The van der Waals surface area contributed by atoms with Gasteiger partial charge in [0.2, 0.25) is 0 Å². The molecule has 0 fully saturated rings. The minimum absolute atomic E-state index is 0.228. The van der Waals surface area contributed by atoms with Crippen LogP contribution in [0.5, 0.6) is 0 Å². The van der Waals surface area contributed by atoms with E-state index in [1.807, 2.05) is 33.8 Å². The van der Waals surface area contributed by atoms with Crippen LogP contribution >= 0.6 is 0 Å². The topological polar surface area (TPSA) is 42.4 Å². The molecule has 0 aromatic carbocycles. The number of fused-ring (bicyclic) bond motifs is 1. The summed E-state index contributed by atoms with van der Waals surface area (Å²) in [6.45, 7) is 11.2. The molecule has 1 atom stereocenters. The second-order valence-corrected chi connectivity index (χ2v) is 6.57. The highest BCUT2D eigenvalue weighted by Crippen LogP contribution is 2.24. The largest absolute Gasteiger partial charge is 0.444 e. The number of nitrogens with zero attached hydrogens (tertiary/aromatic N) is 2. The normalized spacial score (nSPS) is 19.2. The number of hydrogen-bond acceptors (Lipinski definition) is 3. The van der Waals surface area contributed by atoms with E-state index in [-0.39, 0.29) is 12.0 Å². The quantitative estimate of drug-likeness (QED) is 0.730. The molecule has 1 aliphatic rings. The van der Waals surface area contributed by atoms with Crippen LogP contribution in [0.25, 0.3) is 0 Å². The Balaban J connectivity index is 2.15. The molecule has 110 valence electrons. The highest BCUT2D eigenvalue weighted by atomic mass is 16.6. The van der Waals surface area contributed by atoms with E-state index >= 15 is 0 Å². The van der Waals surface area contributed by atoms with Crippen LogP contribution in [-0.4, -0.2) is 34.7 Å². The van der Waals surface area contributed by atoms with Gasteiger partial charge in [-0.2, -0.15) is 0 Å². The molecule has 2 rings (SSSR count). The second-order valence-electron chi connectivity index (χ2n) is 6.57. The number of pyridine rings is 1. The summed E-state index contributed by atoms with van der Waals surface area (Å²) in [7, 11) is 0. The lowest BCUT2D eigenvalue weighted by Crippen LogP contribution is -2.38. The Kier molecular flexibility index (Phi) is 4.02. The number of amides is 1. The lowest BCUT2D eigenvalue weighted by molar-refractivity contribution is 0.0248. The van der Waals surface area contributed by atoms with Crippen molar-refractivity contribution < 1.29 is 9.53 Å². The Bertz CT molecular complexity index is 506. The number of hydrogen-bond donors (Lipinski definition) is 0. The lowest BCUT2D eigenvalue weighted by atomic mass is 10.0. The number of carbonyl (C=O) groups excluding carboxylic acids is 1. The maximum absolute atomic E-state index is 12.2. The van der Waals surface area contributed by atoms with Crippen molar-refractivity contribution >= 4 is 6.09 Å². The van der Waals surface area contributed by atoms with Gasteiger partial charge < -0.3 is 9.64 Å². The number of rotatable bonds is 0. The van der Waals surface area contributed by atoms with Crippen molar-refractivity contribution in [3.8, 4) is 0 Å². The number of aryl methyl sites for hydroxylation is 1. The summed E-state index contributed by atoms with van der Waals surface area (Å²) in [5, 5.41) is 0. The van der Waals surface area contributed by atoms with Crippen LogP contribution in [0.15, 0.2) is 12.1 Å². The van der Waals surface area contributed by atoms with E-state index in [9.17, 15) is 4.79 Å². The Labute approximate surface area is 121 Å². The van der Waals surface area contributed by atoms with Crippen molar-refractivity contribution in [2.45, 2.75) is 52.6 Å². The minimum Gasteiger partial charge on any atom is -0.444 e. The first-order valence-corrected chi connectivity index (χ1v) is 7.20. The van der Waals surface area contributed by atoms with Gasteiger partial charge in [-0.3, -0.25) is 4.98 Å². The maximum atomic E-state index is 12.2. The molecule has 4 nitrogen and oxygen atoms in total. The zero-order valence-electron chi connectivity index (χ0n) is 13.1. The number of ether oxygens (including phenoxy) is 1. The van der Waals surface area contributed by atoms with E-state index in [0.29, 0.717) is 13.1 Å². The van der Waals surface area contributed by atoms with Crippen LogP contribution < -0.4 is 0 Å². The third-order valence-corrected chi connectivity index (χ3v) is 3.42. The Hall–Kier alpha value is -1.58. The highest BCUT2D eigenvalue weighted by Gasteiger charge is 2.27. The van der Waals surface area contributed by atoms with E-state index in [1.54, 1.807) is 4.90 Å². The van der Waals surface area contributed by atoms with Crippen molar-refractivity contribution in [1.29, 1.82) is 0 Å². The third-order valence-electron chi connectivity index (χ3n) is 3.42. The van der Waals surface area contributed by atoms with Crippen LogP contribution in [0.1, 0.15) is 50.6 Å². The molecule has 1 aromatic heterocycles. The SMILES string of the molecule is Cc1ccc2c(n1)C(C)CN(C(=O)OC(C)(C)C)CC2. The molecule has 1 aliphatic heterocycles. The molecular formula is C16H24N2O2. The number of carbonyl (C=O) groups is 1. The average molecular weight is 276 g/mol. The van der Waals surface area contributed by atoms with Crippen molar-refractivity contribution in [1.82, 2.24) is 9.88 Å². The molecule has 0 N–H and O–H groups in total. The summed E-state index contributed by atoms with van der Waals surface area (Å²) in [4.78, 5) is 18.7. The van der Waals surface area contributed by atoms with Crippen LogP contribution in [0.4, 0.5) is 4.79 Å². The van der Waals surface area contributed by atoms with Crippen molar-refractivity contribution in [3.05, 3.63) is 29.1 Å². The third kappa shape index (κ3) is 3.50. The molecule has 1 amide bonds. The van der Waals surface area contributed by atoms with Gasteiger partial charge in [-0.1, -0.05) is 13.0 Å². The molecule has 0 aliphatic carbocycles. The first-order valence-electron chi connectivity index (χ1n) is 7.20. The monoisotopic (exact) mass is 276 g/mol. The first-order chi connectivity index (χ1) is 9.26. The Morgan fingerprint density at radius 1 is 1.40 bits per heavy atom. The van der Waals surface area contributed by atoms with Gasteiger partial charge in [0.15, 0.2) is 0 Å². The van der Waals surface area contributed by atoms with Gasteiger partial charge in [0.1, 0.15) is 5.60 Å². The molecule has 2 heterocycles. The Morgan fingerprint density at radius 3 is 2.75 bits per heavy atom. The second kappa shape index (κ2) is 5.43. The zero-order valence-corrected chi connectivity index (χ0v) is 13.1. The standard InChI is InChI=1S/C16H24N2O2/c1-11-10-18(15(19)20-16(3,4)5)9-8-13-7-6-12(2)17-14(11)13/h6-7,11H,8-10H2,1-5H3. The van der Waals surface area contributed by atoms with Crippen molar-refractivity contribution in [2.75, 3.05) is 13.1 Å². The molecule has 0 radical (unpaired) electrons. The lowest BCUT2D eigenvalue weighted by Gasteiger charge is -2.27. The smallest absolute Gasteiger partial charge is 0.410 e. The number of aromatic nitrogens is 1. The molecule has 1 unspecified atom stereocenters. The van der Waals surface area contributed by atoms with Crippen LogP contribution in [0.3, 0.4) is 0 Å². The predicted octanol–water partition coefficient (Wildman–Crippen LogP) is 3.29. The molecule has 0 saturated carbocycles. The van der Waals surface area contributed by atoms with Crippen molar-refractivity contribution in [3.63, 3.8) is 0 Å². The van der Waals surface area contributed by atoms with E-state index in [1.165, 1.54) is 5.56 Å². The fourth-order valence-corrected chi connectivity index (χ4v) is 2.50.